The van der Waals surface area contributed by atoms with Gasteiger partial charge in [0.2, 0.25) is 0 Å². The molecule has 0 unspecified atom stereocenters. The summed E-state index contributed by atoms with van der Waals surface area (Å²) in [6, 6.07) is 12.2. The maximum atomic E-state index is 5.48. The third-order valence-corrected chi connectivity index (χ3v) is 2.60. The number of rotatable bonds is 2. The first kappa shape index (κ1) is 9.81. The first-order valence-electron chi connectivity index (χ1n) is 4.18. The average Bonchev–Trinajstić information content (AvgIpc) is 2.19. The summed E-state index contributed by atoms with van der Waals surface area (Å²) in [7, 11) is 0. The van der Waals surface area contributed by atoms with Crippen molar-refractivity contribution in [1.82, 2.24) is 0 Å². The zero-order chi connectivity index (χ0) is 9.97. The molecule has 72 valence electrons. The zero-order valence-electron chi connectivity index (χ0n) is 7.34. The number of ether oxygens (including phenoxy) is 1. The van der Waals surface area contributed by atoms with Gasteiger partial charge in [0.1, 0.15) is 5.75 Å². The maximum absolute atomic E-state index is 5.48. The van der Waals surface area contributed by atoms with Gasteiger partial charge in [0, 0.05) is 4.47 Å². The molecule has 0 saturated carbocycles. The van der Waals surface area contributed by atoms with Crippen LogP contribution in [0.15, 0.2) is 40.9 Å². The van der Waals surface area contributed by atoms with Crippen molar-refractivity contribution in [1.29, 1.82) is 0 Å². The SMILES string of the molecule is ClCOc1ccc2cc(Br)ccc2c1. The van der Waals surface area contributed by atoms with Gasteiger partial charge in [-0.15, -0.1) is 0 Å². The molecule has 0 N–H and O–H groups in total. The highest BCUT2D eigenvalue weighted by molar-refractivity contribution is 9.10. The lowest BCUT2D eigenvalue weighted by molar-refractivity contribution is 0.388. The minimum atomic E-state index is 0.183. The Kier molecular flexibility index (Phi) is 2.94. The standard InChI is InChI=1S/C11H8BrClO/c12-10-3-1-9-6-11(14-7-13)4-2-8(9)5-10/h1-6H,7H2. The van der Waals surface area contributed by atoms with Crippen LogP contribution in [0.25, 0.3) is 10.8 Å². The number of alkyl halides is 1. The Labute approximate surface area is 95.8 Å². The van der Waals surface area contributed by atoms with E-state index in [-0.39, 0.29) is 6.07 Å². The predicted octanol–water partition coefficient (Wildman–Crippen LogP) is 4.18. The van der Waals surface area contributed by atoms with Crippen LogP contribution in [-0.4, -0.2) is 6.07 Å². The molecule has 0 saturated heterocycles. The van der Waals surface area contributed by atoms with Gasteiger partial charge < -0.3 is 4.74 Å². The van der Waals surface area contributed by atoms with E-state index < -0.39 is 0 Å². The molecule has 2 aromatic rings. The molecular formula is C11H8BrClO. The van der Waals surface area contributed by atoms with Crippen LogP contribution < -0.4 is 4.74 Å². The fourth-order valence-corrected chi connectivity index (χ4v) is 1.85. The highest BCUT2D eigenvalue weighted by Gasteiger charge is 1.97. The lowest BCUT2D eigenvalue weighted by Crippen LogP contribution is -1.88. The number of hydrogen-bond donors (Lipinski definition) is 0. The molecule has 0 radical (unpaired) electrons. The average molecular weight is 272 g/mol. The third kappa shape index (κ3) is 2.02. The summed E-state index contributed by atoms with van der Waals surface area (Å²) in [5.41, 5.74) is 0. The summed E-state index contributed by atoms with van der Waals surface area (Å²) < 4.78 is 6.28. The first-order chi connectivity index (χ1) is 6.79. The molecule has 3 heteroatoms. The summed E-state index contributed by atoms with van der Waals surface area (Å²) in [5, 5.41) is 2.33. The Balaban J connectivity index is 2.50. The van der Waals surface area contributed by atoms with Gasteiger partial charge in [-0.05, 0) is 35.0 Å². The Bertz CT molecular complexity index is 456. The van der Waals surface area contributed by atoms with Crippen LogP contribution in [0.1, 0.15) is 0 Å². The second-order valence-corrected chi connectivity index (χ2v) is 4.04. The molecule has 0 aliphatic carbocycles. The van der Waals surface area contributed by atoms with Crippen LogP contribution in [0.2, 0.25) is 0 Å². The number of hydrogen-bond acceptors (Lipinski definition) is 1. The Morgan fingerprint density at radius 3 is 2.57 bits per heavy atom. The van der Waals surface area contributed by atoms with E-state index in [1.807, 2.05) is 30.3 Å². The van der Waals surface area contributed by atoms with Crippen molar-refractivity contribution < 1.29 is 4.74 Å². The molecule has 2 aromatic carbocycles. The van der Waals surface area contributed by atoms with Gasteiger partial charge in [0.25, 0.3) is 0 Å². The molecule has 0 aliphatic rings. The number of benzene rings is 2. The molecule has 0 bridgehead atoms. The molecule has 2 rings (SSSR count). The summed E-state index contributed by atoms with van der Waals surface area (Å²) in [6.45, 7) is 0. The van der Waals surface area contributed by atoms with Gasteiger partial charge in [-0.3, -0.25) is 0 Å². The van der Waals surface area contributed by atoms with Crippen molar-refractivity contribution in [2.75, 3.05) is 6.07 Å². The van der Waals surface area contributed by atoms with E-state index in [1.165, 1.54) is 5.39 Å². The van der Waals surface area contributed by atoms with Crippen molar-refractivity contribution in [3.63, 3.8) is 0 Å². The Morgan fingerprint density at radius 1 is 1.07 bits per heavy atom. The maximum Gasteiger partial charge on any atom is 0.162 e. The largest absolute Gasteiger partial charge is 0.478 e. The van der Waals surface area contributed by atoms with E-state index in [9.17, 15) is 0 Å². The van der Waals surface area contributed by atoms with Crippen LogP contribution in [-0.2, 0) is 0 Å². The van der Waals surface area contributed by atoms with E-state index >= 15 is 0 Å². The van der Waals surface area contributed by atoms with Gasteiger partial charge in [0.15, 0.2) is 6.07 Å². The molecule has 0 fully saturated rings. The van der Waals surface area contributed by atoms with Crippen molar-refractivity contribution >= 4 is 38.3 Å². The Hall–Kier alpha value is -0.730. The van der Waals surface area contributed by atoms with Gasteiger partial charge in [0.05, 0.1) is 0 Å². The highest BCUT2D eigenvalue weighted by Crippen LogP contribution is 2.24. The summed E-state index contributed by atoms with van der Waals surface area (Å²) in [5.74, 6) is 0.801. The molecular weight excluding hydrogens is 263 g/mol. The minimum absolute atomic E-state index is 0.183. The van der Waals surface area contributed by atoms with Gasteiger partial charge >= 0.3 is 0 Å². The lowest BCUT2D eigenvalue weighted by Gasteiger charge is -2.03. The topological polar surface area (TPSA) is 9.23 Å². The van der Waals surface area contributed by atoms with Crippen LogP contribution in [0.5, 0.6) is 5.75 Å². The van der Waals surface area contributed by atoms with E-state index in [1.54, 1.807) is 0 Å². The lowest BCUT2D eigenvalue weighted by atomic mass is 10.1. The smallest absolute Gasteiger partial charge is 0.162 e. The van der Waals surface area contributed by atoms with Crippen LogP contribution in [0, 0.1) is 0 Å². The summed E-state index contributed by atoms with van der Waals surface area (Å²) in [4.78, 5) is 0. The molecule has 14 heavy (non-hydrogen) atoms. The zero-order valence-corrected chi connectivity index (χ0v) is 9.68. The highest BCUT2D eigenvalue weighted by atomic mass is 79.9. The van der Waals surface area contributed by atoms with Crippen LogP contribution in [0.3, 0.4) is 0 Å². The minimum Gasteiger partial charge on any atom is -0.478 e. The Morgan fingerprint density at radius 2 is 1.79 bits per heavy atom. The van der Waals surface area contributed by atoms with Crippen LogP contribution in [0.4, 0.5) is 0 Å². The second kappa shape index (κ2) is 4.20. The molecule has 0 spiro atoms. The van der Waals surface area contributed by atoms with Gasteiger partial charge in [-0.25, -0.2) is 0 Å². The third-order valence-electron chi connectivity index (χ3n) is 1.99. The quantitative estimate of drug-likeness (QED) is 0.745. The molecule has 0 atom stereocenters. The van der Waals surface area contributed by atoms with Crippen molar-refractivity contribution in [2.24, 2.45) is 0 Å². The number of halogens is 2. The monoisotopic (exact) mass is 270 g/mol. The van der Waals surface area contributed by atoms with Crippen molar-refractivity contribution in [3.8, 4) is 5.75 Å². The van der Waals surface area contributed by atoms with Crippen LogP contribution >= 0.6 is 27.5 Å². The number of fused-ring (bicyclic) bond motifs is 1. The molecule has 0 amide bonds. The molecule has 1 nitrogen and oxygen atoms in total. The van der Waals surface area contributed by atoms with Crippen molar-refractivity contribution in [2.45, 2.75) is 0 Å². The fourth-order valence-electron chi connectivity index (χ4n) is 1.35. The second-order valence-electron chi connectivity index (χ2n) is 2.91. The predicted molar refractivity (Wildman–Crippen MR) is 63.0 cm³/mol. The molecule has 0 heterocycles. The van der Waals surface area contributed by atoms with E-state index in [0.717, 1.165) is 15.6 Å². The van der Waals surface area contributed by atoms with Gasteiger partial charge in [-0.1, -0.05) is 39.7 Å². The van der Waals surface area contributed by atoms with E-state index in [0.29, 0.717) is 0 Å². The van der Waals surface area contributed by atoms with E-state index in [4.69, 9.17) is 16.3 Å². The van der Waals surface area contributed by atoms with Gasteiger partial charge in [-0.2, -0.15) is 0 Å². The summed E-state index contributed by atoms with van der Waals surface area (Å²) in [6.07, 6.45) is 0. The molecule has 0 aromatic heterocycles. The summed E-state index contributed by atoms with van der Waals surface area (Å²) >= 11 is 8.91. The van der Waals surface area contributed by atoms with E-state index in [2.05, 4.69) is 22.0 Å². The van der Waals surface area contributed by atoms with Crippen molar-refractivity contribution in [3.05, 3.63) is 40.9 Å². The first-order valence-corrected chi connectivity index (χ1v) is 5.50. The fraction of sp³-hybridized carbons (Fsp3) is 0.0909. The normalized spacial score (nSPS) is 10.4. The molecule has 0 aliphatic heterocycles.